The summed E-state index contributed by atoms with van der Waals surface area (Å²) in [6, 6.07) is 17.2. The summed E-state index contributed by atoms with van der Waals surface area (Å²) in [6.45, 7) is 2.09. The van der Waals surface area contributed by atoms with Crippen LogP contribution in [0, 0.1) is 0 Å². The molecular formula is C17H15N3O2. The molecule has 5 nitrogen and oxygen atoms in total. The van der Waals surface area contributed by atoms with Crippen molar-refractivity contribution in [1.82, 2.24) is 15.0 Å². The third kappa shape index (κ3) is 2.48. The molecule has 0 atom stereocenters. The number of aromatic carboxylic acids is 1. The molecule has 1 aromatic heterocycles. The average molecular weight is 293 g/mol. The van der Waals surface area contributed by atoms with Crippen LogP contribution in [0.3, 0.4) is 0 Å². The molecule has 0 aliphatic rings. The van der Waals surface area contributed by atoms with Gasteiger partial charge in [0.15, 0.2) is 5.69 Å². The van der Waals surface area contributed by atoms with E-state index in [9.17, 15) is 9.90 Å². The fourth-order valence-electron chi connectivity index (χ4n) is 2.33. The van der Waals surface area contributed by atoms with Gasteiger partial charge in [0.1, 0.15) is 5.69 Å². The number of carbonyl (C=O) groups is 1. The first-order chi connectivity index (χ1) is 10.7. The second-order valence-corrected chi connectivity index (χ2v) is 4.89. The molecule has 0 unspecified atom stereocenters. The molecule has 0 bridgehead atoms. The summed E-state index contributed by atoms with van der Waals surface area (Å²) in [5.74, 6) is -1.09. The highest BCUT2D eigenvalue weighted by atomic mass is 16.4. The van der Waals surface area contributed by atoms with Gasteiger partial charge in [0.05, 0.1) is 5.69 Å². The van der Waals surface area contributed by atoms with E-state index in [4.69, 9.17) is 0 Å². The van der Waals surface area contributed by atoms with Gasteiger partial charge in [-0.15, -0.1) is 5.10 Å². The van der Waals surface area contributed by atoms with Crippen LogP contribution in [0.1, 0.15) is 23.0 Å². The fraction of sp³-hybridized carbons (Fsp3) is 0.118. The fourth-order valence-corrected chi connectivity index (χ4v) is 2.33. The molecule has 0 saturated carbocycles. The van der Waals surface area contributed by atoms with E-state index in [2.05, 4.69) is 17.2 Å². The van der Waals surface area contributed by atoms with Crippen molar-refractivity contribution in [3.8, 4) is 16.9 Å². The van der Waals surface area contributed by atoms with Crippen molar-refractivity contribution in [1.29, 1.82) is 0 Å². The largest absolute Gasteiger partial charge is 0.476 e. The second kappa shape index (κ2) is 5.81. The Bertz CT molecular complexity index is 793. The van der Waals surface area contributed by atoms with Gasteiger partial charge in [0.25, 0.3) is 0 Å². The van der Waals surface area contributed by atoms with Gasteiger partial charge < -0.3 is 5.11 Å². The molecule has 3 aromatic rings. The molecule has 22 heavy (non-hydrogen) atoms. The van der Waals surface area contributed by atoms with E-state index < -0.39 is 5.97 Å². The molecule has 0 saturated heterocycles. The lowest BCUT2D eigenvalue weighted by molar-refractivity contribution is 0.0691. The molecule has 0 amide bonds. The Kier molecular flexibility index (Phi) is 3.70. The Balaban J connectivity index is 2.17. The number of carboxylic acids is 1. The van der Waals surface area contributed by atoms with Crippen LogP contribution < -0.4 is 0 Å². The third-order valence-corrected chi connectivity index (χ3v) is 3.51. The highest BCUT2D eigenvalue weighted by Gasteiger charge is 2.21. The number of nitrogens with zero attached hydrogens (tertiary/aromatic N) is 3. The number of hydrogen-bond donors (Lipinski definition) is 1. The van der Waals surface area contributed by atoms with Crippen molar-refractivity contribution >= 4 is 5.97 Å². The normalized spacial score (nSPS) is 10.6. The third-order valence-electron chi connectivity index (χ3n) is 3.51. The van der Waals surface area contributed by atoms with Gasteiger partial charge in [-0.2, -0.15) is 0 Å². The van der Waals surface area contributed by atoms with Crippen LogP contribution in [-0.4, -0.2) is 26.1 Å². The van der Waals surface area contributed by atoms with Gasteiger partial charge in [-0.3, -0.25) is 0 Å². The van der Waals surface area contributed by atoms with Gasteiger partial charge in [-0.1, -0.05) is 54.6 Å². The predicted molar refractivity (Wildman–Crippen MR) is 83.1 cm³/mol. The molecule has 3 rings (SSSR count). The van der Waals surface area contributed by atoms with Gasteiger partial charge in [0.2, 0.25) is 0 Å². The minimum absolute atomic E-state index is 0.0502. The second-order valence-electron chi connectivity index (χ2n) is 4.89. The van der Waals surface area contributed by atoms with Crippen LogP contribution in [-0.2, 0) is 6.42 Å². The van der Waals surface area contributed by atoms with Gasteiger partial charge in [0, 0.05) is 5.56 Å². The zero-order valence-electron chi connectivity index (χ0n) is 12.1. The lowest BCUT2D eigenvalue weighted by Crippen LogP contribution is -2.03. The van der Waals surface area contributed by atoms with Crippen molar-refractivity contribution in [2.75, 3.05) is 0 Å². The number of aromatic nitrogens is 3. The summed E-state index contributed by atoms with van der Waals surface area (Å²) < 4.78 is 1.57. The van der Waals surface area contributed by atoms with Crippen LogP contribution in [0.2, 0.25) is 0 Å². The first kappa shape index (κ1) is 14.0. The van der Waals surface area contributed by atoms with Crippen LogP contribution in [0.4, 0.5) is 0 Å². The SMILES string of the molecule is CCc1ccc(-n2nnc(C(=O)O)c2-c2ccccc2)cc1. The summed E-state index contributed by atoms with van der Waals surface area (Å²) in [7, 11) is 0. The zero-order chi connectivity index (χ0) is 15.5. The maximum absolute atomic E-state index is 11.4. The van der Waals surface area contributed by atoms with Crippen molar-refractivity contribution in [3.63, 3.8) is 0 Å². The van der Waals surface area contributed by atoms with Crippen LogP contribution in [0.15, 0.2) is 54.6 Å². The topological polar surface area (TPSA) is 68.0 Å². The van der Waals surface area contributed by atoms with E-state index in [0.717, 1.165) is 17.7 Å². The molecule has 0 aliphatic carbocycles. The Morgan fingerprint density at radius 3 is 2.36 bits per heavy atom. The van der Waals surface area contributed by atoms with Gasteiger partial charge >= 0.3 is 5.97 Å². The maximum atomic E-state index is 11.4. The lowest BCUT2D eigenvalue weighted by Gasteiger charge is -2.08. The zero-order valence-corrected chi connectivity index (χ0v) is 12.1. The molecule has 0 aliphatic heterocycles. The summed E-state index contributed by atoms with van der Waals surface area (Å²) in [6.07, 6.45) is 0.948. The highest BCUT2D eigenvalue weighted by Crippen LogP contribution is 2.25. The molecule has 2 aromatic carbocycles. The van der Waals surface area contributed by atoms with E-state index >= 15 is 0 Å². The summed E-state index contributed by atoms with van der Waals surface area (Å²) >= 11 is 0. The molecule has 1 N–H and O–H groups in total. The standard InChI is InChI=1S/C17H15N3O2/c1-2-12-8-10-14(11-9-12)20-16(13-6-4-3-5-7-13)15(17(21)22)18-19-20/h3-11H,2H2,1H3,(H,21,22). The van der Waals surface area contributed by atoms with Gasteiger partial charge in [-0.05, 0) is 24.1 Å². The molecular weight excluding hydrogens is 278 g/mol. The Morgan fingerprint density at radius 2 is 1.77 bits per heavy atom. The summed E-state index contributed by atoms with van der Waals surface area (Å²) in [4.78, 5) is 11.4. The number of aryl methyl sites for hydroxylation is 1. The van der Waals surface area contributed by atoms with E-state index in [-0.39, 0.29) is 5.69 Å². The van der Waals surface area contributed by atoms with Crippen molar-refractivity contribution in [3.05, 3.63) is 65.9 Å². The van der Waals surface area contributed by atoms with Crippen molar-refractivity contribution in [2.45, 2.75) is 13.3 Å². The van der Waals surface area contributed by atoms with Crippen LogP contribution in [0.5, 0.6) is 0 Å². The number of hydrogen-bond acceptors (Lipinski definition) is 3. The van der Waals surface area contributed by atoms with E-state index in [1.165, 1.54) is 5.56 Å². The predicted octanol–water partition coefficient (Wildman–Crippen LogP) is 3.19. The van der Waals surface area contributed by atoms with Crippen molar-refractivity contribution in [2.24, 2.45) is 0 Å². The molecule has 110 valence electrons. The maximum Gasteiger partial charge on any atom is 0.358 e. The Hall–Kier alpha value is -2.95. The molecule has 0 fully saturated rings. The van der Waals surface area contributed by atoms with E-state index in [1.807, 2.05) is 54.6 Å². The van der Waals surface area contributed by atoms with Crippen LogP contribution >= 0.6 is 0 Å². The highest BCUT2D eigenvalue weighted by molar-refractivity contribution is 5.93. The Labute approximate surface area is 127 Å². The monoisotopic (exact) mass is 293 g/mol. The van der Waals surface area contributed by atoms with Crippen molar-refractivity contribution < 1.29 is 9.90 Å². The summed E-state index contributed by atoms with van der Waals surface area (Å²) in [5.41, 5.74) is 3.20. The van der Waals surface area contributed by atoms with Gasteiger partial charge in [-0.25, -0.2) is 9.48 Å². The number of benzene rings is 2. The first-order valence-corrected chi connectivity index (χ1v) is 7.04. The minimum atomic E-state index is -1.09. The molecule has 1 heterocycles. The number of carboxylic acid groups (broad SMARTS) is 1. The van der Waals surface area contributed by atoms with E-state index in [0.29, 0.717) is 5.69 Å². The summed E-state index contributed by atoms with van der Waals surface area (Å²) in [5, 5.41) is 17.2. The van der Waals surface area contributed by atoms with E-state index in [1.54, 1.807) is 4.68 Å². The lowest BCUT2D eigenvalue weighted by atomic mass is 10.1. The first-order valence-electron chi connectivity index (χ1n) is 7.04. The number of rotatable bonds is 4. The quantitative estimate of drug-likeness (QED) is 0.802. The molecule has 5 heteroatoms. The smallest absolute Gasteiger partial charge is 0.358 e. The van der Waals surface area contributed by atoms with Crippen LogP contribution in [0.25, 0.3) is 16.9 Å². The molecule has 0 radical (unpaired) electrons. The minimum Gasteiger partial charge on any atom is -0.476 e. The molecule has 0 spiro atoms. The average Bonchev–Trinajstić information content (AvgIpc) is 3.01. The Morgan fingerprint density at radius 1 is 1.09 bits per heavy atom.